The maximum atomic E-state index is 12.9. The third-order valence-corrected chi connectivity index (χ3v) is 2.21. The van der Waals surface area contributed by atoms with Gasteiger partial charge in [-0.15, -0.1) is 0 Å². The second-order valence-electron chi connectivity index (χ2n) is 3.83. The molecule has 90 valence electrons. The van der Waals surface area contributed by atoms with Gasteiger partial charge in [-0.3, -0.25) is 0 Å². The Morgan fingerprint density at radius 3 is 2.38 bits per heavy atom. The Balaban J connectivity index is 2.55. The van der Waals surface area contributed by atoms with E-state index in [0.717, 1.165) is 12.1 Å². The quantitative estimate of drug-likeness (QED) is 0.717. The lowest BCUT2D eigenvalue weighted by molar-refractivity contribution is 0.233. The van der Waals surface area contributed by atoms with Gasteiger partial charge in [0.1, 0.15) is 0 Å². The highest BCUT2D eigenvalue weighted by Gasteiger charge is 2.09. The third kappa shape index (κ3) is 3.43. The number of nitrogens with one attached hydrogen (secondary N) is 1. The first-order chi connectivity index (χ1) is 7.54. The molecule has 3 nitrogen and oxygen atoms in total. The Bertz CT molecular complexity index is 335. The molecule has 1 aromatic rings. The number of aliphatic hydroxyl groups is 1. The fourth-order valence-electron chi connectivity index (χ4n) is 1.25. The van der Waals surface area contributed by atoms with Gasteiger partial charge in [0.15, 0.2) is 17.4 Å². The van der Waals surface area contributed by atoms with Gasteiger partial charge in [-0.05, 0) is 23.6 Å². The molecule has 0 saturated carbocycles. The first-order valence-electron chi connectivity index (χ1n) is 5.03. The average Bonchev–Trinajstić information content (AvgIpc) is 2.25. The molecule has 1 rings (SSSR count). The molecule has 5 heteroatoms. The summed E-state index contributed by atoms with van der Waals surface area (Å²) >= 11 is 0. The van der Waals surface area contributed by atoms with Crippen molar-refractivity contribution >= 4 is 0 Å². The van der Waals surface area contributed by atoms with Gasteiger partial charge in [-0.1, -0.05) is 6.92 Å². The molecule has 0 radical (unpaired) electrons. The lowest BCUT2D eigenvalue weighted by atomic mass is 10.1. The van der Waals surface area contributed by atoms with Crippen molar-refractivity contribution in [1.29, 1.82) is 0 Å². The van der Waals surface area contributed by atoms with Crippen LogP contribution in [-0.4, -0.2) is 23.4 Å². The van der Waals surface area contributed by atoms with Gasteiger partial charge >= 0.3 is 0 Å². The third-order valence-electron chi connectivity index (χ3n) is 2.21. The van der Waals surface area contributed by atoms with E-state index in [1.54, 1.807) is 0 Å². The number of halogens is 2. The van der Waals surface area contributed by atoms with Gasteiger partial charge < -0.3 is 15.5 Å². The number of aromatic hydroxyl groups is 1. The smallest absolute Gasteiger partial charge is 0.187 e. The highest BCUT2D eigenvalue weighted by Crippen LogP contribution is 2.21. The summed E-state index contributed by atoms with van der Waals surface area (Å²) in [6, 6.07) is 2.16. The predicted octanol–water partition coefficient (Wildman–Crippen LogP) is 1.39. The highest BCUT2D eigenvalue weighted by atomic mass is 19.1. The summed E-state index contributed by atoms with van der Waals surface area (Å²) in [5.74, 6) is -2.79. The maximum Gasteiger partial charge on any atom is 0.187 e. The summed E-state index contributed by atoms with van der Waals surface area (Å²) in [5.41, 5.74) is 0.415. The molecule has 0 saturated heterocycles. The zero-order chi connectivity index (χ0) is 12.1. The van der Waals surface area contributed by atoms with Crippen molar-refractivity contribution in [2.45, 2.75) is 13.5 Å². The molecular formula is C11H15F2NO2. The second-order valence-corrected chi connectivity index (χ2v) is 3.83. The van der Waals surface area contributed by atoms with Gasteiger partial charge in [0.05, 0.1) is 0 Å². The SMILES string of the molecule is CC(CO)CNCc1cc(F)c(O)c(F)c1. The van der Waals surface area contributed by atoms with Crippen LogP contribution in [-0.2, 0) is 6.54 Å². The van der Waals surface area contributed by atoms with Crippen molar-refractivity contribution in [1.82, 2.24) is 5.32 Å². The number of hydrogen-bond acceptors (Lipinski definition) is 3. The summed E-state index contributed by atoms with van der Waals surface area (Å²) in [6.45, 7) is 2.76. The van der Waals surface area contributed by atoms with E-state index in [1.807, 2.05) is 6.92 Å². The molecule has 0 heterocycles. The molecule has 0 aliphatic rings. The number of aliphatic hydroxyl groups excluding tert-OH is 1. The van der Waals surface area contributed by atoms with E-state index in [-0.39, 0.29) is 12.5 Å². The monoisotopic (exact) mass is 231 g/mol. The van der Waals surface area contributed by atoms with Crippen LogP contribution in [0.15, 0.2) is 12.1 Å². The van der Waals surface area contributed by atoms with E-state index in [0.29, 0.717) is 18.7 Å². The molecule has 3 N–H and O–H groups in total. The molecule has 1 atom stereocenters. The summed E-state index contributed by atoms with van der Waals surface area (Å²) in [5, 5.41) is 20.6. The van der Waals surface area contributed by atoms with Crippen molar-refractivity contribution in [3.63, 3.8) is 0 Å². The lowest BCUT2D eigenvalue weighted by Gasteiger charge is -2.10. The zero-order valence-corrected chi connectivity index (χ0v) is 9.00. The van der Waals surface area contributed by atoms with E-state index in [1.165, 1.54) is 0 Å². The largest absolute Gasteiger partial charge is 0.503 e. The molecule has 0 aromatic heterocycles. The lowest BCUT2D eigenvalue weighted by Crippen LogP contribution is -2.22. The number of benzene rings is 1. The van der Waals surface area contributed by atoms with Crippen molar-refractivity contribution < 1.29 is 19.0 Å². The van der Waals surface area contributed by atoms with E-state index in [4.69, 9.17) is 10.2 Å². The van der Waals surface area contributed by atoms with E-state index < -0.39 is 17.4 Å². The van der Waals surface area contributed by atoms with Crippen LogP contribution in [0.3, 0.4) is 0 Å². The van der Waals surface area contributed by atoms with Crippen LogP contribution < -0.4 is 5.32 Å². The minimum atomic E-state index is -0.966. The number of rotatable bonds is 5. The van der Waals surface area contributed by atoms with Crippen LogP contribution in [0.1, 0.15) is 12.5 Å². The van der Waals surface area contributed by atoms with Crippen LogP contribution in [0, 0.1) is 17.6 Å². The molecule has 0 bridgehead atoms. The molecule has 0 amide bonds. The van der Waals surface area contributed by atoms with Gasteiger partial charge in [-0.25, -0.2) is 8.78 Å². The summed E-state index contributed by atoms with van der Waals surface area (Å²) < 4.78 is 25.9. The Kier molecular flexibility index (Phi) is 4.64. The van der Waals surface area contributed by atoms with Crippen LogP contribution in [0.4, 0.5) is 8.78 Å². The topological polar surface area (TPSA) is 52.5 Å². The summed E-state index contributed by atoms with van der Waals surface area (Å²) in [6.07, 6.45) is 0. The van der Waals surface area contributed by atoms with Gasteiger partial charge in [0.2, 0.25) is 0 Å². The van der Waals surface area contributed by atoms with Crippen LogP contribution >= 0.6 is 0 Å². The average molecular weight is 231 g/mol. The number of phenolic OH excluding ortho intramolecular Hbond substituents is 1. The molecule has 1 aromatic carbocycles. The van der Waals surface area contributed by atoms with E-state index in [2.05, 4.69) is 5.32 Å². The standard InChI is InChI=1S/C11H15F2NO2/c1-7(6-15)4-14-5-8-2-9(12)11(16)10(13)3-8/h2-3,7,14-16H,4-6H2,1H3. The van der Waals surface area contributed by atoms with Gasteiger partial charge in [0.25, 0.3) is 0 Å². The van der Waals surface area contributed by atoms with Crippen molar-refractivity contribution in [2.24, 2.45) is 5.92 Å². The Hall–Kier alpha value is -1.20. The van der Waals surface area contributed by atoms with Crippen LogP contribution in [0.2, 0.25) is 0 Å². The molecule has 1 unspecified atom stereocenters. The van der Waals surface area contributed by atoms with Crippen LogP contribution in [0.25, 0.3) is 0 Å². The number of phenols is 1. The molecule has 0 fully saturated rings. The normalized spacial score (nSPS) is 12.8. The Morgan fingerprint density at radius 2 is 1.88 bits per heavy atom. The maximum absolute atomic E-state index is 12.9. The molecule has 0 aliphatic heterocycles. The van der Waals surface area contributed by atoms with Gasteiger partial charge in [0, 0.05) is 19.7 Å². The van der Waals surface area contributed by atoms with Crippen molar-refractivity contribution in [3.8, 4) is 5.75 Å². The van der Waals surface area contributed by atoms with E-state index in [9.17, 15) is 8.78 Å². The predicted molar refractivity (Wildman–Crippen MR) is 56.0 cm³/mol. The second kappa shape index (κ2) is 5.77. The first-order valence-corrected chi connectivity index (χ1v) is 5.03. The highest BCUT2D eigenvalue weighted by molar-refractivity contribution is 5.29. The number of hydrogen-bond donors (Lipinski definition) is 3. The minimum absolute atomic E-state index is 0.0608. The fourth-order valence-corrected chi connectivity index (χ4v) is 1.25. The summed E-state index contributed by atoms with van der Waals surface area (Å²) in [4.78, 5) is 0. The van der Waals surface area contributed by atoms with Gasteiger partial charge in [-0.2, -0.15) is 0 Å². The van der Waals surface area contributed by atoms with E-state index >= 15 is 0 Å². The molecule has 16 heavy (non-hydrogen) atoms. The molecular weight excluding hydrogens is 216 g/mol. The van der Waals surface area contributed by atoms with Crippen molar-refractivity contribution in [2.75, 3.05) is 13.2 Å². The Labute approximate surface area is 92.7 Å². The zero-order valence-electron chi connectivity index (χ0n) is 9.00. The minimum Gasteiger partial charge on any atom is -0.503 e. The fraction of sp³-hybridized carbons (Fsp3) is 0.455. The first kappa shape index (κ1) is 12.9. The Morgan fingerprint density at radius 1 is 1.31 bits per heavy atom. The molecule has 0 aliphatic carbocycles. The van der Waals surface area contributed by atoms with Crippen LogP contribution in [0.5, 0.6) is 5.75 Å². The summed E-state index contributed by atoms with van der Waals surface area (Å²) in [7, 11) is 0. The van der Waals surface area contributed by atoms with Crippen molar-refractivity contribution in [3.05, 3.63) is 29.3 Å². The molecule has 0 spiro atoms.